The quantitative estimate of drug-likeness (QED) is 0.178. The van der Waals surface area contributed by atoms with Crippen molar-refractivity contribution in [3.63, 3.8) is 0 Å². The number of nitrogens with one attached hydrogen (secondary N) is 1. The van der Waals surface area contributed by atoms with E-state index in [1.807, 2.05) is 4.90 Å². The number of fused-ring (bicyclic) bond motifs is 13. The van der Waals surface area contributed by atoms with Crippen molar-refractivity contribution in [2.24, 2.45) is 39.6 Å². The zero-order valence-corrected chi connectivity index (χ0v) is 42.6. The zero-order chi connectivity index (χ0) is 51.9. The maximum Gasteiger partial charge on any atom is 0.410 e. The monoisotopic (exact) mass is 985 g/mol. The third kappa shape index (κ3) is 10.5. The molecular weight excluding hydrogens is 913 g/mol. The lowest BCUT2D eigenvalue weighted by Gasteiger charge is -2.39. The maximum absolute atomic E-state index is 14.9. The molecule has 0 saturated carbocycles. The van der Waals surface area contributed by atoms with Crippen LogP contribution in [0.3, 0.4) is 0 Å². The van der Waals surface area contributed by atoms with Gasteiger partial charge < -0.3 is 59.6 Å². The number of phenols is 2. The van der Waals surface area contributed by atoms with E-state index in [4.69, 9.17) is 35.4 Å². The van der Waals surface area contributed by atoms with Gasteiger partial charge in [0.1, 0.15) is 28.6 Å². The van der Waals surface area contributed by atoms with Crippen LogP contribution in [0.4, 0.5) is 10.5 Å². The summed E-state index contributed by atoms with van der Waals surface area (Å²) in [6.45, 7) is 20.0. The number of nitrogens with zero attached hydrogens (tertiary/aromatic N) is 5. The predicted octanol–water partition coefficient (Wildman–Crippen LogP) is 3.93. The third-order valence-electron chi connectivity index (χ3n) is 14.8. The number of terminal acetylenes is 1. The molecule has 10 atom stereocenters. The first-order chi connectivity index (χ1) is 33.5. The van der Waals surface area contributed by atoms with Crippen LogP contribution in [0.5, 0.6) is 17.2 Å². The minimum Gasteiger partial charge on any atom is -0.507 e. The number of allylic oxidation sites excluding steroid dienone is 2. The van der Waals surface area contributed by atoms with E-state index in [9.17, 15) is 39.9 Å². The number of carbonyl (C=O) groups is 3. The second-order valence-corrected chi connectivity index (χ2v) is 20.7. The molecule has 2 fully saturated rings. The number of carbonyl (C=O) groups excluding carboxylic acids is 3. The van der Waals surface area contributed by atoms with E-state index in [2.05, 4.69) is 30.0 Å². The van der Waals surface area contributed by atoms with Gasteiger partial charge >= 0.3 is 11.9 Å². The molecule has 2 aromatic carbocycles. The second-order valence-electron chi connectivity index (χ2n) is 20.7. The Hall–Kier alpha value is -5.55. The summed E-state index contributed by atoms with van der Waals surface area (Å²) in [5.74, 6) is -4.33. The van der Waals surface area contributed by atoms with E-state index in [0.29, 0.717) is 64.6 Å². The Kier molecular flexibility index (Phi) is 16.0. The van der Waals surface area contributed by atoms with Crippen LogP contribution in [0.15, 0.2) is 46.1 Å². The van der Waals surface area contributed by atoms with Gasteiger partial charge in [-0.1, -0.05) is 58.8 Å². The molecule has 6 N–H and O–H groups in total. The number of phenolic OH excluding ortho intramolecular Hbond substituents is 2. The van der Waals surface area contributed by atoms with Gasteiger partial charge in [0.25, 0.3) is 11.7 Å². The molecule has 6 aliphatic rings. The Labute approximate surface area is 415 Å². The van der Waals surface area contributed by atoms with Crippen molar-refractivity contribution >= 4 is 34.2 Å². The molecule has 0 radical (unpaired) electrons. The van der Waals surface area contributed by atoms with Crippen molar-refractivity contribution < 1.29 is 58.9 Å². The lowest BCUT2D eigenvalue weighted by atomic mass is 9.78. The molecule has 71 heavy (non-hydrogen) atoms. The van der Waals surface area contributed by atoms with Gasteiger partial charge in [-0.25, -0.2) is 4.79 Å². The molecule has 5 bridgehead atoms. The number of β-amino-alcohol motifs (C(OH)–C–C–N with tert-alkyl or cyclic N) is 1. The summed E-state index contributed by atoms with van der Waals surface area (Å²) in [6, 6.07) is 0. The molecule has 18 nitrogen and oxygen atoms in total. The van der Waals surface area contributed by atoms with E-state index in [0.717, 1.165) is 6.54 Å². The van der Waals surface area contributed by atoms with Crippen molar-refractivity contribution in [2.75, 3.05) is 64.8 Å². The van der Waals surface area contributed by atoms with E-state index in [1.54, 1.807) is 52.8 Å². The summed E-state index contributed by atoms with van der Waals surface area (Å²) in [5, 5.41) is 60.9. The Morgan fingerprint density at radius 1 is 0.930 bits per heavy atom. The van der Waals surface area contributed by atoms with Crippen LogP contribution in [0.2, 0.25) is 0 Å². The highest BCUT2D eigenvalue weighted by molar-refractivity contribution is 6.19. The minimum absolute atomic E-state index is 0.00347. The van der Waals surface area contributed by atoms with Crippen molar-refractivity contribution in [1.29, 1.82) is 0 Å². The van der Waals surface area contributed by atoms with E-state index in [1.165, 1.54) is 38.2 Å². The number of ether oxygens (including phenoxy) is 4. The topological polar surface area (TPSA) is 236 Å². The van der Waals surface area contributed by atoms with Gasteiger partial charge in [0.15, 0.2) is 11.4 Å². The second kappa shape index (κ2) is 21.3. The number of rotatable bonds is 6. The average Bonchev–Trinajstić information content (AvgIpc) is 3.83. The summed E-state index contributed by atoms with van der Waals surface area (Å²) in [4.78, 5) is 59.2. The summed E-state index contributed by atoms with van der Waals surface area (Å²) in [7, 11) is 1.40. The number of hydrogen-bond acceptors (Lipinski definition) is 16. The Morgan fingerprint density at radius 2 is 1.58 bits per heavy atom. The number of Topliss-reactive ketones (excluding diaryl/α,β-unsaturated/α-hetero) is 1. The fourth-order valence-corrected chi connectivity index (χ4v) is 10.6. The Balaban J connectivity index is 1.33. The molecule has 8 rings (SSSR count). The molecule has 1 spiro atoms. The van der Waals surface area contributed by atoms with E-state index in [-0.39, 0.29) is 49.6 Å². The molecule has 2 amide bonds. The molecule has 18 heteroatoms. The first kappa shape index (κ1) is 53.3. The number of aliphatic hydroxyl groups is 3. The molecular formula is C53H72N6O12. The fraction of sp³-hybridized carbons (Fsp3) is 0.604. The van der Waals surface area contributed by atoms with E-state index < -0.39 is 94.9 Å². The third-order valence-corrected chi connectivity index (χ3v) is 14.8. The van der Waals surface area contributed by atoms with Crippen LogP contribution >= 0.6 is 0 Å². The number of likely N-dealkylation sites (tertiary alicyclic amines) is 1. The van der Waals surface area contributed by atoms with Crippen LogP contribution in [0.1, 0.15) is 84.2 Å². The standard InChI is InChI=1S/C53H72N6O12/c1-12-35-36(68-11)16-25-69-52(10)49(65)39-37-38(45(63)34(9)48(39)71-52)46(64)42(41-40(37)55-53(56-41)17-19-57(20-18-53)26-28(2)3)54-50(66)30(5)15-13-14-29(4)43(61)32(7)44(62)33(8)47(35)70-51(67)59-23-21-58(22-24-59)27-31(6)60/h1,13-16,25,28-29,31-33,35-36,43-44,47,60-64H,17-24,26-27H2,2-11H3,(H,54,66)/b14-13+,25-16+,30-15-/t29-,31+,32+,33+,35+,36-,43-,44+,47-,52-/m0/s1. The van der Waals surface area contributed by atoms with Crippen molar-refractivity contribution in [2.45, 2.75) is 117 Å². The molecule has 2 saturated heterocycles. The average molecular weight is 985 g/mol. The molecule has 0 aromatic heterocycles. The van der Waals surface area contributed by atoms with Gasteiger partial charge in [0.2, 0.25) is 0 Å². The molecule has 386 valence electrons. The van der Waals surface area contributed by atoms with Crippen LogP contribution < -0.4 is 20.8 Å². The van der Waals surface area contributed by atoms with Crippen LogP contribution in [-0.2, 0) is 19.0 Å². The van der Waals surface area contributed by atoms with Crippen LogP contribution in [0, 0.1) is 48.9 Å². The minimum atomic E-state index is -2.05. The summed E-state index contributed by atoms with van der Waals surface area (Å²) in [6.07, 6.45) is 8.98. The maximum atomic E-state index is 14.9. The van der Waals surface area contributed by atoms with Gasteiger partial charge in [-0.3, -0.25) is 24.5 Å². The number of piperidine rings is 1. The van der Waals surface area contributed by atoms with Gasteiger partial charge in [-0.15, -0.1) is 6.42 Å². The Bertz CT molecular complexity index is 2640. The van der Waals surface area contributed by atoms with E-state index >= 15 is 0 Å². The van der Waals surface area contributed by atoms with Gasteiger partial charge in [0.05, 0.1) is 52.9 Å². The molecule has 6 heterocycles. The Morgan fingerprint density at radius 3 is 2.20 bits per heavy atom. The van der Waals surface area contributed by atoms with Crippen molar-refractivity contribution in [3.8, 4) is 29.6 Å². The lowest BCUT2D eigenvalue weighted by Crippen LogP contribution is -2.53. The van der Waals surface area contributed by atoms with Gasteiger partial charge in [-0.2, -0.15) is 0 Å². The smallest absolute Gasteiger partial charge is 0.410 e. The number of anilines is 1. The number of hydrogen-bond donors (Lipinski definition) is 6. The molecule has 0 aliphatic carbocycles. The number of ketones is 1. The first-order valence-corrected chi connectivity index (χ1v) is 24.8. The van der Waals surface area contributed by atoms with Crippen molar-refractivity contribution in [1.82, 2.24) is 14.7 Å². The number of aromatic hydroxyl groups is 2. The highest BCUT2D eigenvalue weighted by atomic mass is 16.7. The van der Waals surface area contributed by atoms with Crippen LogP contribution in [-0.4, -0.2) is 159 Å². The highest BCUT2D eigenvalue weighted by Crippen LogP contribution is 2.50. The van der Waals surface area contributed by atoms with Crippen molar-refractivity contribution in [3.05, 3.63) is 58.0 Å². The largest absolute Gasteiger partial charge is 0.507 e. The zero-order valence-electron chi connectivity index (χ0n) is 42.6. The molecule has 0 unspecified atom stereocenters. The highest BCUT2D eigenvalue weighted by Gasteiger charge is 2.50. The first-order valence-electron chi connectivity index (χ1n) is 24.8. The lowest BCUT2D eigenvalue weighted by molar-refractivity contribution is -0.112. The van der Waals surface area contributed by atoms with Gasteiger partial charge in [-0.05, 0) is 32.8 Å². The predicted molar refractivity (Wildman–Crippen MR) is 265 cm³/mol. The number of aliphatic hydroxyl groups excluding tert-OH is 3. The SMILES string of the molecule is C#C[C@H]1[C@@H](OC(=O)N2CCN(C[C@@H](C)O)CC2)[C@H](C)[C@H](O)[C@H](C)[C@@H](O)[C@@H](C)/C=C/C=C(/C)C(=O)Nc2c(O)c3c(O)c(C)c4c(c3c3c2=NC2(CCN(CC(C)C)CC2)N=3)C(=O)[C@@](C)(O/C=C/[C@@H]1OC)O4. The summed E-state index contributed by atoms with van der Waals surface area (Å²) in [5.41, 5.74) is -0.729. The molecule has 6 aliphatic heterocycles. The number of amides is 2. The van der Waals surface area contributed by atoms with Gasteiger partial charge in [0, 0.05) is 114 Å². The number of piperazine rings is 1. The fourth-order valence-electron chi connectivity index (χ4n) is 10.6. The number of benzene rings is 2. The van der Waals surface area contributed by atoms with Crippen LogP contribution in [0.25, 0.3) is 10.8 Å². The number of methoxy groups -OCH3 is 1. The molecule has 2 aromatic rings. The summed E-state index contributed by atoms with van der Waals surface area (Å²) >= 11 is 0. The summed E-state index contributed by atoms with van der Waals surface area (Å²) < 4.78 is 24.7. The normalized spacial score (nSPS) is 31.7.